The highest BCUT2D eigenvalue weighted by Crippen LogP contribution is 2.27. The molecule has 6 heteroatoms. The van der Waals surface area contributed by atoms with Gasteiger partial charge in [0, 0.05) is 45.0 Å². The average Bonchev–Trinajstić information content (AvgIpc) is 2.57. The Balaban J connectivity index is 1.52. The Morgan fingerprint density at radius 1 is 1.17 bits per heavy atom. The van der Waals surface area contributed by atoms with Gasteiger partial charge in [0.15, 0.2) is 0 Å². The van der Waals surface area contributed by atoms with E-state index in [2.05, 4.69) is 14.8 Å². The van der Waals surface area contributed by atoms with Gasteiger partial charge in [-0.3, -0.25) is 9.69 Å². The number of hydrogen-bond acceptors (Lipinski definition) is 5. The minimum absolute atomic E-state index is 0.00894. The molecule has 2 aliphatic rings. The molecule has 4 rings (SSSR count). The van der Waals surface area contributed by atoms with Gasteiger partial charge in [0.1, 0.15) is 0 Å². The van der Waals surface area contributed by atoms with E-state index < -0.39 is 0 Å². The molecule has 122 valence electrons. The van der Waals surface area contributed by atoms with Crippen molar-refractivity contribution in [3.8, 4) is 0 Å². The molecule has 2 aromatic rings. The number of benzene rings is 1. The van der Waals surface area contributed by atoms with E-state index in [1.165, 1.54) is 4.57 Å². The first-order valence-corrected chi connectivity index (χ1v) is 8.26. The SMILES string of the molecule is Cn1cnc2cc(N3CCN(C4CCC4O)CC3)ccc2c1=O. The fraction of sp³-hybridized carbons (Fsp3) is 0.529. The standard InChI is InChI=1S/C17H22N4O2/c1-19-11-18-14-10-12(2-3-13(14)17(19)23)20-6-8-21(9-7-20)15-4-5-16(15)22/h2-3,10-11,15-16,22H,4-9H2,1H3. The number of hydrogen-bond donors (Lipinski definition) is 1. The average molecular weight is 314 g/mol. The number of aliphatic hydroxyl groups excluding tert-OH is 1. The number of piperazine rings is 1. The molecule has 1 N–H and O–H groups in total. The predicted molar refractivity (Wildman–Crippen MR) is 89.8 cm³/mol. The summed E-state index contributed by atoms with van der Waals surface area (Å²) in [5, 5.41) is 10.5. The van der Waals surface area contributed by atoms with Crippen LogP contribution in [0.15, 0.2) is 29.3 Å². The van der Waals surface area contributed by atoms with Crippen molar-refractivity contribution in [2.24, 2.45) is 7.05 Å². The summed E-state index contributed by atoms with van der Waals surface area (Å²) in [5.74, 6) is 0. The molecule has 2 heterocycles. The predicted octanol–water partition coefficient (Wildman–Crippen LogP) is 0.579. The molecule has 2 unspecified atom stereocenters. The second-order valence-corrected chi connectivity index (χ2v) is 6.60. The van der Waals surface area contributed by atoms with Gasteiger partial charge in [-0.15, -0.1) is 0 Å². The van der Waals surface area contributed by atoms with Crippen LogP contribution in [0.2, 0.25) is 0 Å². The number of nitrogens with zero attached hydrogens (tertiary/aromatic N) is 4. The second-order valence-electron chi connectivity index (χ2n) is 6.60. The Morgan fingerprint density at radius 2 is 1.96 bits per heavy atom. The summed E-state index contributed by atoms with van der Waals surface area (Å²) in [6.07, 6.45) is 3.49. The molecule has 23 heavy (non-hydrogen) atoms. The molecule has 0 amide bonds. The highest BCUT2D eigenvalue weighted by atomic mass is 16.3. The lowest BCUT2D eigenvalue weighted by molar-refractivity contribution is -0.0229. The molecule has 1 saturated heterocycles. The van der Waals surface area contributed by atoms with Crippen LogP contribution in [0.5, 0.6) is 0 Å². The molecule has 1 aliphatic heterocycles. The third kappa shape index (κ3) is 2.52. The lowest BCUT2D eigenvalue weighted by Gasteiger charge is -2.46. The summed E-state index contributed by atoms with van der Waals surface area (Å²) in [5.41, 5.74) is 1.86. The van der Waals surface area contributed by atoms with Crippen molar-refractivity contribution in [3.63, 3.8) is 0 Å². The third-order valence-corrected chi connectivity index (χ3v) is 5.25. The van der Waals surface area contributed by atoms with Gasteiger partial charge >= 0.3 is 0 Å². The van der Waals surface area contributed by atoms with Gasteiger partial charge in [-0.1, -0.05) is 0 Å². The lowest BCUT2D eigenvalue weighted by Crippen LogP contribution is -2.57. The molecule has 6 nitrogen and oxygen atoms in total. The molecular formula is C17H22N4O2. The summed E-state index contributed by atoms with van der Waals surface area (Å²) in [7, 11) is 1.72. The maximum Gasteiger partial charge on any atom is 0.260 e. The van der Waals surface area contributed by atoms with Crippen LogP contribution in [0.1, 0.15) is 12.8 Å². The third-order valence-electron chi connectivity index (χ3n) is 5.25. The van der Waals surface area contributed by atoms with Gasteiger partial charge in [-0.25, -0.2) is 4.98 Å². The smallest absolute Gasteiger partial charge is 0.260 e. The zero-order valence-corrected chi connectivity index (χ0v) is 13.4. The number of aromatic nitrogens is 2. The summed E-state index contributed by atoms with van der Waals surface area (Å²) in [6, 6.07) is 6.25. The zero-order chi connectivity index (χ0) is 16.0. The summed E-state index contributed by atoms with van der Waals surface area (Å²) >= 11 is 0. The summed E-state index contributed by atoms with van der Waals surface area (Å²) < 4.78 is 1.50. The number of rotatable bonds is 2. The zero-order valence-electron chi connectivity index (χ0n) is 13.4. The van der Waals surface area contributed by atoms with Crippen molar-refractivity contribution in [2.45, 2.75) is 25.0 Å². The van der Waals surface area contributed by atoms with Gasteiger partial charge in [0.25, 0.3) is 5.56 Å². The van der Waals surface area contributed by atoms with Crippen molar-refractivity contribution in [1.29, 1.82) is 0 Å². The van der Waals surface area contributed by atoms with E-state index in [4.69, 9.17) is 0 Å². The van der Waals surface area contributed by atoms with Crippen LogP contribution in [-0.2, 0) is 7.05 Å². The molecule has 1 saturated carbocycles. The molecule has 2 fully saturated rings. The molecule has 1 aromatic carbocycles. The Labute approximate surface area is 135 Å². The maximum absolute atomic E-state index is 12.1. The Bertz CT molecular complexity index is 780. The van der Waals surface area contributed by atoms with Crippen LogP contribution in [0.4, 0.5) is 5.69 Å². The number of fused-ring (bicyclic) bond motifs is 1. The minimum atomic E-state index is -0.136. The van der Waals surface area contributed by atoms with Crippen molar-refractivity contribution < 1.29 is 5.11 Å². The lowest BCUT2D eigenvalue weighted by atomic mass is 9.87. The fourth-order valence-corrected chi connectivity index (χ4v) is 3.60. The molecule has 0 radical (unpaired) electrons. The maximum atomic E-state index is 12.1. The first-order chi connectivity index (χ1) is 11.1. The van der Waals surface area contributed by atoms with Crippen molar-refractivity contribution >= 4 is 16.6 Å². The summed E-state index contributed by atoms with van der Waals surface area (Å²) in [4.78, 5) is 21.2. The monoisotopic (exact) mass is 314 g/mol. The van der Waals surface area contributed by atoms with Crippen LogP contribution in [-0.4, -0.2) is 57.9 Å². The Kier molecular flexibility index (Phi) is 3.58. The topological polar surface area (TPSA) is 61.6 Å². The molecule has 0 bridgehead atoms. The van der Waals surface area contributed by atoms with E-state index in [9.17, 15) is 9.90 Å². The van der Waals surface area contributed by atoms with Gasteiger partial charge in [0.05, 0.1) is 23.3 Å². The number of aryl methyl sites for hydroxylation is 1. The molecule has 1 aromatic heterocycles. The quantitative estimate of drug-likeness (QED) is 0.878. The number of aliphatic hydroxyl groups is 1. The highest BCUT2D eigenvalue weighted by Gasteiger charge is 2.35. The van der Waals surface area contributed by atoms with E-state index in [1.54, 1.807) is 13.4 Å². The van der Waals surface area contributed by atoms with E-state index in [0.29, 0.717) is 11.4 Å². The largest absolute Gasteiger partial charge is 0.391 e. The van der Waals surface area contributed by atoms with Gasteiger partial charge in [0.2, 0.25) is 0 Å². The normalized spacial score (nSPS) is 25.6. The van der Waals surface area contributed by atoms with E-state index in [1.807, 2.05) is 18.2 Å². The van der Waals surface area contributed by atoms with Crippen molar-refractivity contribution in [3.05, 3.63) is 34.9 Å². The summed E-state index contributed by atoms with van der Waals surface area (Å²) in [6.45, 7) is 3.84. The van der Waals surface area contributed by atoms with Crippen LogP contribution >= 0.6 is 0 Å². The first-order valence-electron chi connectivity index (χ1n) is 8.26. The van der Waals surface area contributed by atoms with E-state index in [0.717, 1.165) is 50.2 Å². The Morgan fingerprint density at radius 3 is 2.61 bits per heavy atom. The van der Waals surface area contributed by atoms with E-state index in [-0.39, 0.29) is 11.7 Å². The first kappa shape index (κ1) is 14.7. The van der Waals surface area contributed by atoms with Crippen molar-refractivity contribution in [2.75, 3.05) is 31.1 Å². The molecule has 0 spiro atoms. The highest BCUT2D eigenvalue weighted by molar-refractivity contribution is 5.81. The second kappa shape index (κ2) is 5.62. The van der Waals surface area contributed by atoms with Gasteiger partial charge < -0.3 is 14.6 Å². The van der Waals surface area contributed by atoms with Crippen LogP contribution in [0.25, 0.3) is 10.9 Å². The molecular weight excluding hydrogens is 292 g/mol. The number of anilines is 1. The minimum Gasteiger partial charge on any atom is -0.391 e. The van der Waals surface area contributed by atoms with E-state index >= 15 is 0 Å². The fourth-order valence-electron chi connectivity index (χ4n) is 3.60. The van der Waals surface area contributed by atoms with Gasteiger partial charge in [-0.05, 0) is 31.0 Å². The Hall–Kier alpha value is -1.92. The molecule has 2 atom stereocenters. The molecule has 1 aliphatic carbocycles. The van der Waals surface area contributed by atoms with Crippen molar-refractivity contribution in [1.82, 2.24) is 14.5 Å². The van der Waals surface area contributed by atoms with Crippen LogP contribution in [0.3, 0.4) is 0 Å². The van der Waals surface area contributed by atoms with Gasteiger partial charge in [-0.2, -0.15) is 0 Å². The van der Waals surface area contributed by atoms with Crippen LogP contribution in [0, 0.1) is 0 Å². The van der Waals surface area contributed by atoms with Crippen LogP contribution < -0.4 is 10.5 Å².